The number of benzene rings is 1. The number of non-ortho nitro benzene ring substituents is 1. The van der Waals surface area contributed by atoms with Gasteiger partial charge in [-0.05, 0) is 24.1 Å². The van der Waals surface area contributed by atoms with E-state index in [1.807, 2.05) is 0 Å². The summed E-state index contributed by atoms with van der Waals surface area (Å²) in [7, 11) is 1.59. The molecule has 0 bridgehead atoms. The first-order chi connectivity index (χ1) is 6.24. The van der Waals surface area contributed by atoms with E-state index in [9.17, 15) is 10.1 Å². The summed E-state index contributed by atoms with van der Waals surface area (Å²) in [4.78, 5) is 9.97. The van der Waals surface area contributed by atoms with Crippen LogP contribution in [0, 0.1) is 16.2 Å². The van der Waals surface area contributed by atoms with Crippen LogP contribution in [0.1, 0.15) is 5.56 Å². The number of hydrogen-bond donors (Lipinski definition) is 0. The van der Waals surface area contributed by atoms with Gasteiger partial charge in [0.15, 0.2) is 0 Å². The molecular formula is C9H10NO3. The minimum Gasteiger partial charge on any atom is -0.384 e. The molecule has 0 spiro atoms. The van der Waals surface area contributed by atoms with Crippen molar-refractivity contribution in [1.29, 1.82) is 0 Å². The molecule has 1 aromatic carbocycles. The topological polar surface area (TPSA) is 52.4 Å². The van der Waals surface area contributed by atoms with Crippen molar-refractivity contribution in [3.63, 3.8) is 0 Å². The minimum absolute atomic E-state index is 0.102. The predicted molar refractivity (Wildman–Crippen MR) is 47.5 cm³/mol. The molecule has 0 aliphatic carbocycles. The highest BCUT2D eigenvalue weighted by Crippen LogP contribution is 2.12. The van der Waals surface area contributed by atoms with Crippen LogP contribution in [-0.2, 0) is 11.2 Å². The summed E-state index contributed by atoms with van der Waals surface area (Å²) in [5, 5.41) is 10.4. The van der Waals surface area contributed by atoms with Gasteiger partial charge in [-0.15, -0.1) is 0 Å². The second kappa shape index (κ2) is 4.57. The van der Waals surface area contributed by atoms with E-state index in [4.69, 9.17) is 4.74 Å². The molecule has 0 saturated carbocycles. The lowest BCUT2D eigenvalue weighted by Gasteiger charge is -1.98. The Morgan fingerprint density at radius 2 is 2.46 bits per heavy atom. The molecule has 1 radical (unpaired) electrons. The summed E-state index contributed by atoms with van der Waals surface area (Å²) < 4.78 is 4.86. The molecule has 4 nitrogen and oxygen atoms in total. The lowest BCUT2D eigenvalue weighted by atomic mass is 10.1. The largest absolute Gasteiger partial charge is 0.384 e. The van der Waals surface area contributed by atoms with Gasteiger partial charge in [0.1, 0.15) is 0 Å². The summed E-state index contributed by atoms with van der Waals surface area (Å²) in [5.74, 6) is 0. The average molecular weight is 180 g/mol. The number of rotatable bonds is 4. The van der Waals surface area contributed by atoms with Crippen LogP contribution in [0.15, 0.2) is 18.2 Å². The van der Waals surface area contributed by atoms with Crippen LogP contribution in [0.25, 0.3) is 0 Å². The number of nitrogens with zero attached hydrogens (tertiary/aromatic N) is 1. The molecule has 1 aromatic rings. The molecule has 0 saturated heterocycles. The van der Waals surface area contributed by atoms with E-state index in [0.717, 1.165) is 5.56 Å². The first-order valence-corrected chi connectivity index (χ1v) is 3.88. The van der Waals surface area contributed by atoms with E-state index in [1.54, 1.807) is 13.2 Å². The normalized spacial score (nSPS) is 9.92. The zero-order chi connectivity index (χ0) is 9.68. The second-order valence-electron chi connectivity index (χ2n) is 2.57. The Morgan fingerprint density at radius 3 is 3.08 bits per heavy atom. The smallest absolute Gasteiger partial charge is 0.269 e. The SMILES string of the molecule is COCCc1[c]ccc([N+](=O)[O-])c1. The van der Waals surface area contributed by atoms with E-state index >= 15 is 0 Å². The van der Waals surface area contributed by atoms with Crippen molar-refractivity contribution >= 4 is 5.69 Å². The maximum Gasteiger partial charge on any atom is 0.269 e. The quantitative estimate of drug-likeness (QED) is 0.522. The molecule has 0 heterocycles. The van der Waals surface area contributed by atoms with Gasteiger partial charge in [0.25, 0.3) is 5.69 Å². The predicted octanol–water partition coefficient (Wildman–Crippen LogP) is 1.58. The Morgan fingerprint density at radius 1 is 1.69 bits per heavy atom. The third kappa shape index (κ3) is 2.83. The Labute approximate surface area is 76.3 Å². The molecule has 13 heavy (non-hydrogen) atoms. The fraction of sp³-hybridized carbons (Fsp3) is 0.333. The van der Waals surface area contributed by atoms with Crippen molar-refractivity contribution in [3.05, 3.63) is 39.9 Å². The van der Waals surface area contributed by atoms with Crippen LogP contribution in [-0.4, -0.2) is 18.6 Å². The molecule has 4 heteroatoms. The number of hydrogen-bond acceptors (Lipinski definition) is 3. The molecule has 0 N–H and O–H groups in total. The van der Waals surface area contributed by atoms with Crippen molar-refractivity contribution in [2.45, 2.75) is 6.42 Å². The van der Waals surface area contributed by atoms with Crippen molar-refractivity contribution in [1.82, 2.24) is 0 Å². The molecule has 69 valence electrons. The molecule has 0 amide bonds. The highest BCUT2D eigenvalue weighted by Gasteiger charge is 2.04. The first kappa shape index (κ1) is 9.67. The molecular weight excluding hydrogens is 170 g/mol. The van der Waals surface area contributed by atoms with Gasteiger partial charge in [-0.1, -0.05) is 0 Å². The molecule has 1 rings (SSSR count). The van der Waals surface area contributed by atoms with E-state index in [1.165, 1.54) is 12.1 Å². The van der Waals surface area contributed by atoms with Gasteiger partial charge in [0, 0.05) is 19.2 Å². The van der Waals surface area contributed by atoms with Gasteiger partial charge in [-0.2, -0.15) is 0 Å². The van der Waals surface area contributed by atoms with Gasteiger partial charge in [0.05, 0.1) is 11.5 Å². The van der Waals surface area contributed by atoms with E-state index < -0.39 is 4.92 Å². The lowest BCUT2D eigenvalue weighted by molar-refractivity contribution is -0.384. The maximum absolute atomic E-state index is 10.4. The maximum atomic E-state index is 10.4. The number of methoxy groups -OCH3 is 1. The van der Waals surface area contributed by atoms with Gasteiger partial charge < -0.3 is 4.74 Å². The highest BCUT2D eigenvalue weighted by atomic mass is 16.6. The summed E-state index contributed by atoms with van der Waals surface area (Å²) >= 11 is 0. The van der Waals surface area contributed by atoms with E-state index in [0.29, 0.717) is 13.0 Å². The molecule has 0 atom stereocenters. The van der Waals surface area contributed by atoms with Crippen LogP contribution in [0.2, 0.25) is 0 Å². The Hall–Kier alpha value is -1.42. The van der Waals surface area contributed by atoms with Crippen molar-refractivity contribution in [3.8, 4) is 0 Å². The number of nitro groups is 1. The summed E-state index contributed by atoms with van der Waals surface area (Å²) in [6.07, 6.45) is 0.651. The van der Waals surface area contributed by atoms with E-state index in [-0.39, 0.29) is 5.69 Å². The summed E-state index contributed by atoms with van der Waals surface area (Å²) in [6.45, 7) is 0.553. The third-order valence-corrected chi connectivity index (χ3v) is 1.63. The molecule has 0 aromatic heterocycles. The fourth-order valence-corrected chi connectivity index (χ4v) is 0.972. The zero-order valence-corrected chi connectivity index (χ0v) is 7.32. The van der Waals surface area contributed by atoms with Gasteiger partial charge in [-0.25, -0.2) is 0 Å². The second-order valence-corrected chi connectivity index (χ2v) is 2.57. The Kier molecular flexibility index (Phi) is 3.40. The zero-order valence-electron chi connectivity index (χ0n) is 7.32. The van der Waals surface area contributed by atoms with Gasteiger partial charge in [-0.3, -0.25) is 10.1 Å². The number of ether oxygens (including phenoxy) is 1. The van der Waals surface area contributed by atoms with Crippen molar-refractivity contribution in [2.24, 2.45) is 0 Å². The standard InChI is InChI=1S/C9H10NO3/c1-13-6-5-8-3-2-4-9(7-8)10(11)12/h2,4,7H,5-6H2,1H3. The van der Waals surface area contributed by atoms with Crippen LogP contribution in [0.5, 0.6) is 0 Å². The molecule has 0 unspecified atom stereocenters. The monoisotopic (exact) mass is 180 g/mol. The summed E-state index contributed by atoms with van der Waals surface area (Å²) in [6, 6.07) is 7.41. The van der Waals surface area contributed by atoms with E-state index in [2.05, 4.69) is 6.07 Å². The molecule has 0 aliphatic heterocycles. The first-order valence-electron chi connectivity index (χ1n) is 3.88. The Balaban J connectivity index is 2.73. The van der Waals surface area contributed by atoms with Crippen LogP contribution < -0.4 is 0 Å². The molecule has 0 fully saturated rings. The van der Waals surface area contributed by atoms with Crippen molar-refractivity contribution < 1.29 is 9.66 Å². The fourth-order valence-electron chi connectivity index (χ4n) is 0.972. The Bertz CT molecular complexity index is 299. The van der Waals surface area contributed by atoms with Crippen molar-refractivity contribution in [2.75, 3.05) is 13.7 Å². The van der Waals surface area contributed by atoms with Gasteiger partial charge >= 0.3 is 0 Å². The highest BCUT2D eigenvalue weighted by molar-refractivity contribution is 5.33. The third-order valence-electron chi connectivity index (χ3n) is 1.63. The average Bonchev–Trinajstić information content (AvgIpc) is 2.15. The summed E-state index contributed by atoms with van der Waals surface area (Å²) in [5.41, 5.74) is 0.904. The van der Waals surface area contributed by atoms with Crippen LogP contribution >= 0.6 is 0 Å². The number of nitro benzene ring substituents is 1. The van der Waals surface area contributed by atoms with Gasteiger partial charge in [0.2, 0.25) is 0 Å². The van der Waals surface area contributed by atoms with Crippen LogP contribution in [0.4, 0.5) is 5.69 Å². The lowest BCUT2D eigenvalue weighted by Crippen LogP contribution is -1.96. The van der Waals surface area contributed by atoms with Crippen LogP contribution in [0.3, 0.4) is 0 Å². The molecule has 0 aliphatic rings. The minimum atomic E-state index is -0.413.